The quantitative estimate of drug-likeness (QED) is 0.529. The molecule has 1 aliphatic carbocycles. The lowest BCUT2D eigenvalue weighted by Crippen LogP contribution is -2.23. The molecule has 0 amide bonds. The Labute approximate surface area is 61.2 Å². The molecule has 1 fully saturated rings. The largest absolute Gasteiger partial charge is 0.396 e. The highest BCUT2D eigenvalue weighted by Crippen LogP contribution is 2.27. The van der Waals surface area contributed by atoms with Gasteiger partial charge in [0.2, 0.25) is 0 Å². The van der Waals surface area contributed by atoms with Crippen molar-refractivity contribution in [3.63, 3.8) is 0 Å². The van der Waals surface area contributed by atoms with E-state index in [-0.39, 0.29) is 18.6 Å². The molecule has 0 aromatic rings. The number of aliphatic hydroxyl groups is 2. The minimum atomic E-state index is -0.220. The Balaban J connectivity index is 2.45. The first-order valence-electron chi connectivity index (χ1n) is 3.70. The summed E-state index contributed by atoms with van der Waals surface area (Å²) in [6.07, 6.45) is 2.15. The summed E-state index contributed by atoms with van der Waals surface area (Å²) in [6, 6.07) is 0. The molecule has 2 N–H and O–H groups in total. The molecule has 2 nitrogen and oxygen atoms in total. The van der Waals surface area contributed by atoms with Gasteiger partial charge in [-0.05, 0) is 19.3 Å². The summed E-state index contributed by atoms with van der Waals surface area (Å²) >= 11 is 0. The maximum atomic E-state index is 9.18. The zero-order valence-corrected chi connectivity index (χ0v) is 6.08. The zero-order valence-electron chi connectivity index (χ0n) is 6.08. The predicted molar refractivity (Wildman–Crippen MR) is 39.6 cm³/mol. The maximum absolute atomic E-state index is 9.18. The minimum Gasteiger partial charge on any atom is -0.396 e. The summed E-state index contributed by atoms with van der Waals surface area (Å²) in [6.45, 7) is 3.96. The first-order chi connectivity index (χ1) is 4.74. The van der Waals surface area contributed by atoms with Crippen molar-refractivity contribution >= 4 is 0 Å². The standard InChI is InChI=1S/C8H14O2/c1-6-2-3-8(10)4-7(6)5-9/h7-10H,1-5H2/t7-,8+/m0/s1. The molecule has 0 bridgehead atoms. The average Bonchev–Trinajstić information content (AvgIpc) is 1.94. The van der Waals surface area contributed by atoms with Gasteiger partial charge in [0.1, 0.15) is 0 Å². The molecule has 0 radical (unpaired) electrons. The highest BCUT2D eigenvalue weighted by molar-refractivity contribution is 5.04. The van der Waals surface area contributed by atoms with Gasteiger partial charge in [0, 0.05) is 12.5 Å². The third-order valence-corrected chi connectivity index (χ3v) is 2.15. The van der Waals surface area contributed by atoms with Crippen molar-refractivity contribution in [2.45, 2.75) is 25.4 Å². The van der Waals surface area contributed by atoms with Gasteiger partial charge in [0.25, 0.3) is 0 Å². The Morgan fingerprint density at radius 2 is 2.30 bits per heavy atom. The summed E-state index contributed by atoms with van der Waals surface area (Å²) in [7, 11) is 0. The SMILES string of the molecule is C=C1CC[C@@H](O)C[C@H]1CO. The van der Waals surface area contributed by atoms with Crippen LogP contribution in [0.3, 0.4) is 0 Å². The van der Waals surface area contributed by atoms with Crippen LogP contribution in [0.4, 0.5) is 0 Å². The number of hydrogen-bond acceptors (Lipinski definition) is 2. The van der Waals surface area contributed by atoms with Crippen LogP contribution in [0.1, 0.15) is 19.3 Å². The van der Waals surface area contributed by atoms with Crippen LogP contribution in [-0.2, 0) is 0 Å². The minimum absolute atomic E-state index is 0.135. The van der Waals surface area contributed by atoms with Gasteiger partial charge in [0.15, 0.2) is 0 Å². The van der Waals surface area contributed by atoms with Crippen molar-refractivity contribution < 1.29 is 10.2 Å². The molecule has 1 rings (SSSR count). The van der Waals surface area contributed by atoms with E-state index in [2.05, 4.69) is 6.58 Å². The first kappa shape index (κ1) is 7.76. The molecule has 1 aliphatic rings. The topological polar surface area (TPSA) is 40.5 Å². The molecule has 2 atom stereocenters. The van der Waals surface area contributed by atoms with E-state index in [1.54, 1.807) is 0 Å². The van der Waals surface area contributed by atoms with Crippen LogP contribution in [0.25, 0.3) is 0 Å². The molecule has 0 aromatic heterocycles. The molecule has 0 spiro atoms. The molecule has 0 aliphatic heterocycles. The van der Waals surface area contributed by atoms with Crippen molar-refractivity contribution in [3.05, 3.63) is 12.2 Å². The van der Waals surface area contributed by atoms with Gasteiger partial charge in [-0.25, -0.2) is 0 Å². The summed E-state index contributed by atoms with van der Waals surface area (Å²) in [5.41, 5.74) is 1.09. The number of hydrogen-bond donors (Lipinski definition) is 2. The third kappa shape index (κ3) is 1.58. The van der Waals surface area contributed by atoms with Gasteiger partial charge in [0.05, 0.1) is 6.10 Å². The van der Waals surface area contributed by atoms with Crippen molar-refractivity contribution in [3.8, 4) is 0 Å². The van der Waals surface area contributed by atoms with Crippen LogP contribution < -0.4 is 0 Å². The van der Waals surface area contributed by atoms with E-state index in [1.165, 1.54) is 0 Å². The second kappa shape index (κ2) is 3.17. The zero-order chi connectivity index (χ0) is 7.56. The van der Waals surface area contributed by atoms with Crippen LogP contribution in [0.2, 0.25) is 0 Å². The Morgan fingerprint density at radius 3 is 2.80 bits per heavy atom. The van der Waals surface area contributed by atoms with E-state index in [0.29, 0.717) is 6.42 Å². The Hall–Kier alpha value is -0.340. The molecule has 58 valence electrons. The molecule has 0 heterocycles. The van der Waals surface area contributed by atoms with Gasteiger partial charge >= 0.3 is 0 Å². The average molecular weight is 142 g/mol. The molecule has 0 unspecified atom stereocenters. The van der Waals surface area contributed by atoms with Crippen molar-refractivity contribution in [2.75, 3.05) is 6.61 Å². The number of aliphatic hydroxyl groups excluding tert-OH is 2. The van der Waals surface area contributed by atoms with Crippen LogP contribution in [0, 0.1) is 5.92 Å². The molecule has 0 saturated heterocycles. The van der Waals surface area contributed by atoms with Crippen LogP contribution >= 0.6 is 0 Å². The highest BCUT2D eigenvalue weighted by atomic mass is 16.3. The maximum Gasteiger partial charge on any atom is 0.0549 e. The summed E-state index contributed by atoms with van der Waals surface area (Å²) in [4.78, 5) is 0. The van der Waals surface area contributed by atoms with Gasteiger partial charge in [-0.3, -0.25) is 0 Å². The van der Waals surface area contributed by atoms with Crippen molar-refractivity contribution in [1.82, 2.24) is 0 Å². The first-order valence-corrected chi connectivity index (χ1v) is 3.70. The lowest BCUT2D eigenvalue weighted by Gasteiger charge is -2.26. The fraction of sp³-hybridized carbons (Fsp3) is 0.750. The second-order valence-corrected chi connectivity index (χ2v) is 2.97. The van der Waals surface area contributed by atoms with E-state index in [4.69, 9.17) is 5.11 Å². The van der Waals surface area contributed by atoms with E-state index in [0.717, 1.165) is 18.4 Å². The number of rotatable bonds is 1. The molecule has 10 heavy (non-hydrogen) atoms. The second-order valence-electron chi connectivity index (χ2n) is 2.97. The molecule has 2 heteroatoms. The summed E-state index contributed by atoms with van der Waals surface area (Å²) < 4.78 is 0. The monoisotopic (exact) mass is 142 g/mol. The van der Waals surface area contributed by atoms with Gasteiger partial charge in [-0.2, -0.15) is 0 Å². The van der Waals surface area contributed by atoms with Crippen LogP contribution in [-0.4, -0.2) is 22.9 Å². The van der Waals surface area contributed by atoms with Gasteiger partial charge in [-0.1, -0.05) is 12.2 Å². The third-order valence-electron chi connectivity index (χ3n) is 2.15. The highest BCUT2D eigenvalue weighted by Gasteiger charge is 2.21. The fourth-order valence-corrected chi connectivity index (χ4v) is 1.37. The van der Waals surface area contributed by atoms with E-state index in [9.17, 15) is 5.11 Å². The lowest BCUT2D eigenvalue weighted by atomic mass is 9.84. The molecular weight excluding hydrogens is 128 g/mol. The predicted octanol–water partition coefficient (Wildman–Crippen LogP) is 0.696. The van der Waals surface area contributed by atoms with Gasteiger partial charge < -0.3 is 10.2 Å². The Kier molecular flexibility index (Phi) is 2.46. The molecule has 1 saturated carbocycles. The van der Waals surface area contributed by atoms with Gasteiger partial charge in [-0.15, -0.1) is 0 Å². The molecular formula is C8H14O2. The van der Waals surface area contributed by atoms with Crippen molar-refractivity contribution in [2.24, 2.45) is 5.92 Å². The van der Waals surface area contributed by atoms with E-state index >= 15 is 0 Å². The summed E-state index contributed by atoms with van der Waals surface area (Å²) in [5.74, 6) is 0.142. The Bertz CT molecular complexity index is 131. The lowest BCUT2D eigenvalue weighted by molar-refractivity contribution is 0.101. The fourth-order valence-electron chi connectivity index (χ4n) is 1.37. The molecule has 0 aromatic carbocycles. The summed E-state index contributed by atoms with van der Waals surface area (Å²) in [5, 5.41) is 18.0. The Morgan fingerprint density at radius 1 is 1.60 bits per heavy atom. The smallest absolute Gasteiger partial charge is 0.0549 e. The van der Waals surface area contributed by atoms with Crippen LogP contribution in [0.15, 0.2) is 12.2 Å². The normalized spacial score (nSPS) is 34.4. The van der Waals surface area contributed by atoms with Crippen LogP contribution in [0.5, 0.6) is 0 Å². The van der Waals surface area contributed by atoms with E-state index < -0.39 is 0 Å². The van der Waals surface area contributed by atoms with Crippen molar-refractivity contribution in [1.29, 1.82) is 0 Å². The van der Waals surface area contributed by atoms with E-state index in [1.807, 2.05) is 0 Å².